The van der Waals surface area contributed by atoms with Crippen molar-refractivity contribution >= 4 is 5.78 Å². The molecule has 0 saturated carbocycles. The van der Waals surface area contributed by atoms with E-state index < -0.39 is 0 Å². The van der Waals surface area contributed by atoms with Gasteiger partial charge >= 0.3 is 0 Å². The Kier molecular flexibility index (Phi) is 5.70. The van der Waals surface area contributed by atoms with Gasteiger partial charge in [0, 0.05) is 12.0 Å². The number of rotatable bonds is 7. The molecule has 0 aliphatic heterocycles. The Morgan fingerprint density at radius 3 is 2.53 bits per heavy atom. The predicted molar refractivity (Wildman–Crippen MR) is 69.4 cm³/mol. The molecular formula is C14H21NO2. The van der Waals surface area contributed by atoms with E-state index in [1.54, 1.807) is 0 Å². The average Bonchev–Trinajstić information content (AvgIpc) is 2.36. The summed E-state index contributed by atoms with van der Waals surface area (Å²) in [5.74, 6) is 1.19. The van der Waals surface area contributed by atoms with E-state index in [9.17, 15) is 4.79 Å². The number of ketones is 1. The topological polar surface area (TPSA) is 52.3 Å². The molecule has 3 nitrogen and oxygen atoms in total. The zero-order chi connectivity index (χ0) is 12.7. The first-order chi connectivity index (χ1) is 8.17. The summed E-state index contributed by atoms with van der Waals surface area (Å²) in [7, 11) is 0. The second-order valence-corrected chi connectivity index (χ2v) is 4.34. The van der Waals surface area contributed by atoms with Gasteiger partial charge in [-0.05, 0) is 43.1 Å². The van der Waals surface area contributed by atoms with Crippen LogP contribution in [0.1, 0.15) is 37.0 Å². The molecule has 1 rings (SSSR count). The van der Waals surface area contributed by atoms with Crippen LogP contribution in [0, 0.1) is 5.92 Å². The molecule has 17 heavy (non-hydrogen) atoms. The average molecular weight is 235 g/mol. The van der Waals surface area contributed by atoms with Gasteiger partial charge in [-0.3, -0.25) is 4.79 Å². The molecule has 1 unspecified atom stereocenters. The van der Waals surface area contributed by atoms with Crippen molar-refractivity contribution in [3.63, 3.8) is 0 Å². The van der Waals surface area contributed by atoms with Crippen LogP contribution >= 0.6 is 0 Å². The van der Waals surface area contributed by atoms with Crippen LogP contribution in [0.2, 0.25) is 0 Å². The summed E-state index contributed by atoms with van der Waals surface area (Å²) in [6.07, 6.45) is 1.49. The standard InChI is InChI=1S/C14H21NO2/c1-3-8-17-13-6-4-12(5-7-13)14(16)9-11(2)10-15/h4-7,11H,3,8-10,15H2,1-2H3. The molecule has 2 N–H and O–H groups in total. The molecule has 0 bridgehead atoms. The fraction of sp³-hybridized carbons (Fsp3) is 0.500. The lowest BCUT2D eigenvalue weighted by Gasteiger charge is -2.08. The highest BCUT2D eigenvalue weighted by Gasteiger charge is 2.10. The molecule has 0 aliphatic carbocycles. The third-order valence-corrected chi connectivity index (χ3v) is 2.59. The molecule has 3 heteroatoms. The van der Waals surface area contributed by atoms with Crippen molar-refractivity contribution in [1.29, 1.82) is 0 Å². The molecular weight excluding hydrogens is 214 g/mol. The van der Waals surface area contributed by atoms with Gasteiger partial charge in [-0.1, -0.05) is 13.8 Å². The molecule has 0 aromatic heterocycles. The van der Waals surface area contributed by atoms with Crippen LogP contribution in [0.15, 0.2) is 24.3 Å². The van der Waals surface area contributed by atoms with Gasteiger partial charge in [-0.2, -0.15) is 0 Å². The van der Waals surface area contributed by atoms with Gasteiger partial charge in [0.2, 0.25) is 0 Å². The van der Waals surface area contributed by atoms with E-state index in [1.165, 1.54) is 0 Å². The van der Waals surface area contributed by atoms with Crippen LogP contribution in [0.5, 0.6) is 5.75 Å². The third-order valence-electron chi connectivity index (χ3n) is 2.59. The number of hydrogen-bond donors (Lipinski definition) is 1. The Hall–Kier alpha value is -1.35. The van der Waals surface area contributed by atoms with Crippen molar-refractivity contribution in [3.8, 4) is 5.75 Å². The Balaban J connectivity index is 2.57. The van der Waals surface area contributed by atoms with Crippen molar-refractivity contribution in [3.05, 3.63) is 29.8 Å². The number of hydrogen-bond acceptors (Lipinski definition) is 3. The van der Waals surface area contributed by atoms with E-state index in [1.807, 2.05) is 31.2 Å². The lowest BCUT2D eigenvalue weighted by atomic mass is 10.00. The van der Waals surface area contributed by atoms with Crippen molar-refractivity contribution in [2.45, 2.75) is 26.7 Å². The highest BCUT2D eigenvalue weighted by molar-refractivity contribution is 5.96. The molecule has 0 spiro atoms. The zero-order valence-electron chi connectivity index (χ0n) is 10.6. The lowest BCUT2D eigenvalue weighted by molar-refractivity contribution is 0.0966. The first-order valence-electron chi connectivity index (χ1n) is 6.13. The zero-order valence-corrected chi connectivity index (χ0v) is 10.6. The molecule has 94 valence electrons. The van der Waals surface area contributed by atoms with Gasteiger partial charge in [0.1, 0.15) is 5.75 Å². The van der Waals surface area contributed by atoms with Crippen LogP contribution in [-0.4, -0.2) is 18.9 Å². The fourth-order valence-electron chi connectivity index (χ4n) is 1.47. The number of ether oxygens (including phenoxy) is 1. The largest absolute Gasteiger partial charge is 0.494 e. The van der Waals surface area contributed by atoms with E-state index in [-0.39, 0.29) is 11.7 Å². The summed E-state index contributed by atoms with van der Waals surface area (Å²) in [5, 5.41) is 0. The maximum Gasteiger partial charge on any atom is 0.163 e. The molecule has 0 heterocycles. The van der Waals surface area contributed by atoms with Crippen LogP contribution < -0.4 is 10.5 Å². The minimum absolute atomic E-state index is 0.144. The van der Waals surface area contributed by atoms with E-state index in [0.29, 0.717) is 19.6 Å². The molecule has 1 aromatic carbocycles. The third kappa shape index (κ3) is 4.57. The first kappa shape index (κ1) is 13.7. The minimum Gasteiger partial charge on any atom is -0.494 e. The van der Waals surface area contributed by atoms with Gasteiger partial charge in [-0.25, -0.2) is 0 Å². The summed E-state index contributed by atoms with van der Waals surface area (Å²) in [6.45, 7) is 5.30. The minimum atomic E-state index is 0.144. The maximum atomic E-state index is 11.8. The number of benzene rings is 1. The second-order valence-electron chi connectivity index (χ2n) is 4.34. The normalized spacial score (nSPS) is 12.2. The maximum absolute atomic E-state index is 11.8. The number of carbonyl (C=O) groups excluding carboxylic acids is 1. The Morgan fingerprint density at radius 2 is 2.00 bits per heavy atom. The second kappa shape index (κ2) is 7.07. The Morgan fingerprint density at radius 1 is 1.35 bits per heavy atom. The lowest BCUT2D eigenvalue weighted by Crippen LogP contribution is -2.15. The summed E-state index contributed by atoms with van der Waals surface area (Å²) < 4.78 is 5.46. The fourth-order valence-corrected chi connectivity index (χ4v) is 1.47. The summed E-state index contributed by atoms with van der Waals surface area (Å²) >= 11 is 0. The molecule has 0 fully saturated rings. The van der Waals surface area contributed by atoms with Gasteiger partial charge in [0.05, 0.1) is 6.61 Å². The Bertz CT molecular complexity index is 346. The van der Waals surface area contributed by atoms with E-state index in [2.05, 4.69) is 6.92 Å². The van der Waals surface area contributed by atoms with Crippen LogP contribution in [0.3, 0.4) is 0 Å². The van der Waals surface area contributed by atoms with E-state index in [4.69, 9.17) is 10.5 Å². The van der Waals surface area contributed by atoms with Crippen molar-refractivity contribution < 1.29 is 9.53 Å². The summed E-state index contributed by atoms with van der Waals surface area (Å²) in [5.41, 5.74) is 6.24. The van der Waals surface area contributed by atoms with E-state index in [0.717, 1.165) is 17.7 Å². The number of Topliss-reactive ketones (excluding diaryl/α,β-unsaturated/α-hetero) is 1. The molecule has 1 atom stereocenters. The van der Waals surface area contributed by atoms with Crippen molar-refractivity contribution in [2.75, 3.05) is 13.2 Å². The Labute approximate surface area is 103 Å². The first-order valence-corrected chi connectivity index (χ1v) is 6.13. The van der Waals surface area contributed by atoms with Gasteiger partial charge in [0.15, 0.2) is 5.78 Å². The predicted octanol–water partition coefficient (Wildman–Crippen LogP) is 2.64. The smallest absolute Gasteiger partial charge is 0.163 e. The number of nitrogens with two attached hydrogens (primary N) is 1. The van der Waals surface area contributed by atoms with Crippen LogP contribution in [0.25, 0.3) is 0 Å². The quantitative estimate of drug-likeness (QED) is 0.739. The van der Waals surface area contributed by atoms with Gasteiger partial charge in [-0.15, -0.1) is 0 Å². The molecule has 1 aromatic rings. The highest BCUT2D eigenvalue weighted by atomic mass is 16.5. The molecule has 0 saturated heterocycles. The van der Waals surface area contributed by atoms with Crippen molar-refractivity contribution in [2.24, 2.45) is 11.7 Å². The molecule has 0 aliphatic rings. The van der Waals surface area contributed by atoms with E-state index >= 15 is 0 Å². The molecule has 0 radical (unpaired) electrons. The summed E-state index contributed by atoms with van der Waals surface area (Å²) in [4.78, 5) is 11.8. The number of carbonyl (C=O) groups is 1. The van der Waals surface area contributed by atoms with Crippen molar-refractivity contribution in [1.82, 2.24) is 0 Å². The SMILES string of the molecule is CCCOc1ccc(C(=O)CC(C)CN)cc1. The van der Waals surface area contributed by atoms with Crippen LogP contribution in [-0.2, 0) is 0 Å². The van der Waals surface area contributed by atoms with Gasteiger partial charge in [0.25, 0.3) is 0 Å². The molecule has 0 amide bonds. The monoisotopic (exact) mass is 235 g/mol. The van der Waals surface area contributed by atoms with Gasteiger partial charge < -0.3 is 10.5 Å². The highest BCUT2D eigenvalue weighted by Crippen LogP contribution is 2.15. The van der Waals surface area contributed by atoms with Crippen LogP contribution in [0.4, 0.5) is 0 Å². The summed E-state index contributed by atoms with van der Waals surface area (Å²) in [6, 6.07) is 7.32.